The van der Waals surface area contributed by atoms with Gasteiger partial charge in [0.25, 0.3) is 0 Å². The average molecular weight is 200 g/mol. The molecule has 14 heavy (non-hydrogen) atoms. The Bertz CT molecular complexity index is 330. The Kier molecular flexibility index (Phi) is 3.17. The van der Waals surface area contributed by atoms with Gasteiger partial charge in [-0.25, -0.2) is 8.78 Å². The summed E-state index contributed by atoms with van der Waals surface area (Å²) in [5.41, 5.74) is 0.359. The molecule has 0 heterocycles. The van der Waals surface area contributed by atoms with Gasteiger partial charge in [0.1, 0.15) is 11.6 Å². The highest BCUT2D eigenvalue weighted by Gasteiger charge is 2.12. The summed E-state index contributed by atoms with van der Waals surface area (Å²) < 4.78 is 25.4. The van der Waals surface area contributed by atoms with Crippen LogP contribution in [0.1, 0.15) is 12.5 Å². The summed E-state index contributed by atoms with van der Waals surface area (Å²) in [7, 11) is 0. The lowest BCUT2D eigenvalue weighted by molar-refractivity contribution is -0.141. The lowest BCUT2D eigenvalue weighted by atomic mass is 10.0. The molecule has 1 aromatic carbocycles. The molecule has 1 N–H and O–H groups in total. The van der Waals surface area contributed by atoms with Crippen LogP contribution >= 0.6 is 0 Å². The standard InChI is InChI=1S/C10H10F2O2/c1-6(10(13)14)2-7-3-8(11)5-9(12)4-7/h3-6H,2H2,1H3,(H,13,14). The van der Waals surface area contributed by atoms with E-state index in [0.29, 0.717) is 5.56 Å². The molecule has 0 bridgehead atoms. The second kappa shape index (κ2) is 4.17. The highest BCUT2D eigenvalue weighted by Crippen LogP contribution is 2.12. The Balaban J connectivity index is 2.81. The fourth-order valence-corrected chi connectivity index (χ4v) is 1.17. The maximum Gasteiger partial charge on any atom is 0.306 e. The Hall–Kier alpha value is -1.45. The van der Waals surface area contributed by atoms with Crippen LogP contribution in [0.4, 0.5) is 8.78 Å². The number of hydrogen-bond acceptors (Lipinski definition) is 1. The molecule has 0 radical (unpaired) electrons. The van der Waals surface area contributed by atoms with E-state index in [1.807, 2.05) is 0 Å². The van der Waals surface area contributed by atoms with Crippen LogP contribution in [0.25, 0.3) is 0 Å². The lowest BCUT2D eigenvalue weighted by Crippen LogP contribution is -2.12. The molecule has 0 spiro atoms. The third-order valence-corrected chi connectivity index (χ3v) is 1.89. The van der Waals surface area contributed by atoms with E-state index in [1.165, 1.54) is 6.92 Å². The number of carboxylic acids is 1. The summed E-state index contributed by atoms with van der Waals surface area (Å²) in [6.07, 6.45) is 0.129. The maximum atomic E-state index is 12.7. The van der Waals surface area contributed by atoms with E-state index < -0.39 is 23.5 Å². The van der Waals surface area contributed by atoms with E-state index in [0.717, 1.165) is 18.2 Å². The predicted octanol–water partition coefficient (Wildman–Crippen LogP) is 2.23. The van der Waals surface area contributed by atoms with Gasteiger partial charge in [0, 0.05) is 6.07 Å². The van der Waals surface area contributed by atoms with Crippen molar-refractivity contribution in [1.29, 1.82) is 0 Å². The Morgan fingerprint density at radius 1 is 1.36 bits per heavy atom. The number of hydrogen-bond donors (Lipinski definition) is 1. The van der Waals surface area contributed by atoms with Crippen molar-refractivity contribution in [2.75, 3.05) is 0 Å². The van der Waals surface area contributed by atoms with Crippen molar-refractivity contribution in [3.63, 3.8) is 0 Å². The molecule has 2 nitrogen and oxygen atoms in total. The predicted molar refractivity (Wildman–Crippen MR) is 46.9 cm³/mol. The van der Waals surface area contributed by atoms with Crippen molar-refractivity contribution in [2.45, 2.75) is 13.3 Å². The van der Waals surface area contributed by atoms with E-state index in [4.69, 9.17) is 5.11 Å². The van der Waals surface area contributed by atoms with Gasteiger partial charge in [-0.05, 0) is 24.1 Å². The molecular formula is C10H10F2O2. The van der Waals surface area contributed by atoms with Crippen LogP contribution in [0.2, 0.25) is 0 Å². The van der Waals surface area contributed by atoms with Crippen molar-refractivity contribution in [1.82, 2.24) is 0 Å². The Labute approximate surface area is 80.2 Å². The molecule has 0 fully saturated rings. The highest BCUT2D eigenvalue weighted by molar-refractivity contribution is 5.69. The third kappa shape index (κ3) is 2.80. The summed E-state index contributed by atoms with van der Waals surface area (Å²) in [6, 6.07) is 3.04. The average Bonchev–Trinajstić information content (AvgIpc) is 2.01. The molecule has 76 valence electrons. The van der Waals surface area contributed by atoms with Gasteiger partial charge in [-0.1, -0.05) is 6.92 Å². The van der Waals surface area contributed by atoms with Crippen molar-refractivity contribution in [3.05, 3.63) is 35.4 Å². The smallest absolute Gasteiger partial charge is 0.306 e. The van der Waals surface area contributed by atoms with E-state index in [9.17, 15) is 13.6 Å². The minimum atomic E-state index is -0.977. The first kappa shape index (κ1) is 10.6. The maximum absolute atomic E-state index is 12.7. The number of halogens is 2. The number of aliphatic carboxylic acids is 1. The van der Waals surface area contributed by atoms with Crippen LogP contribution in [-0.4, -0.2) is 11.1 Å². The number of carbonyl (C=O) groups is 1. The van der Waals surface area contributed by atoms with Gasteiger partial charge >= 0.3 is 5.97 Å². The van der Waals surface area contributed by atoms with Crippen molar-refractivity contribution < 1.29 is 18.7 Å². The first-order chi connectivity index (χ1) is 6.49. The molecule has 1 aromatic rings. The second-order valence-electron chi connectivity index (χ2n) is 3.22. The van der Waals surface area contributed by atoms with Crippen molar-refractivity contribution in [3.8, 4) is 0 Å². The van der Waals surface area contributed by atoms with Crippen LogP contribution in [0.15, 0.2) is 18.2 Å². The summed E-state index contributed by atoms with van der Waals surface area (Å²) >= 11 is 0. The molecule has 1 atom stereocenters. The van der Waals surface area contributed by atoms with E-state index in [-0.39, 0.29) is 6.42 Å². The van der Waals surface area contributed by atoms with Crippen LogP contribution in [0.3, 0.4) is 0 Å². The molecule has 1 rings (SSSR count). The lowest BCUT2D eigenvalue weighted by Gasteiger charge is -2.06. The first-order valence-corrected chi connectivity index (χ1v) is 4.17. The van der Waals surface area contributed by atoms with Crippen LogP contribution < -0.4 is 0 Å². The van der Waals surface area contributed by atoms with E-state index in [2.05, 4.69) is 0 Å². The topological polar surface area (TPSA) is 37.3 Å². The molecule has 4 heteroatoms. The zero-order valence-corrected chi connectivity index (χ0v) is 7.63. The molecule has 0 aromatic heterocycles. The van der Waals surface area contributed by atoms with Gasteiger partial charge in [-0.15, -0.1) is 0 Å². The molecule has 0 aliphatic carbocycles. The van der Waals surface area contributed by atoms with Crippen LogP contribution in [-0.2, 0) is 11.2 Å². The van der Waals surface area contributed by atoms with Gasteiger partial charge in [-0.2, -0.15) is 0 Å². The van der Waals surface area contributed by atoms with Gasteiger partial charge in [0.15, 0.2) is 0 Å². The van der Waals surface area contributed by atoms with Crippen LogP contribution in [0.5, 0.6) is 0 Å². The van der Waals surface area contributed by atoms with E-state index >= 15 is 0 Å². The zero-order chi connectivity index (χ0) is 10.7. The van der Waals surface area contributed by atoms with Gasteiger partial charge in [0.2, 0.25) is 0 Å². The van der Waals surface area contributed by atoms with Gasteiger partial charge in [-0.3, -0.25) is 4.79 Å². The Morgan fingerprint density at radius 3 is 2.29 bits per heavy atom. The van der Waals surface area contributed by atoms with E-state index in [1.54, 1.807) is 0 Å². The van der Waals surface area contributed by atoms with Crippen molar-refractivity contribution in [2.24, 2.45) is 5.92 Å². The summed E-state index contributed by atoms with van der Waals surface area (Å²) in [6.45, 7) is 1.49. The minimum absolute atomic E-state index is 0.129. The fourth-order valence-electron chi connectivity index (χ4n) is 1.17. The largest absolute Gasteiger partial charge is 0.481 e. The fraction of sp³-hybridized carbons (Fsp3) is 0.300. The number of benzene rings is 1. The summed E-state index contributed by atoms with van der Waals surface area (Å²) in [5, 5.41) is 8.59. The molecule has 0 aliphatic rings. The molecule has 0 aliphatic heterocycles. The Morgan fingerprint density at radius 2 is 1.86 bits per heavy atom. The SMILES string of the molecule is CC(Cc1cc(F)cc(F)c1)C(=O)O. The molecule has 0 saturated carbocycles. The monoisotopic (exact) mass is 200 g/mol. The summed E-state index contributed by atoms with van der Waals surface area (Å²) in [4.78, 5) is 10.5. The minimum Gasteiger partial charge on any atom is -0.481 e. The number of carboxylic acid groups (broad SMARTS) is 1. The molecule has 0 amide bonds. The third-order valence-electron chi connectivity index (χ3n) is 1.89. The van der Waals surface area contributed by atoms with Gasteiger partial charge in [0.05, 0.1) is 5.92 Å². The number of rotatable bonds is 3. The van der Waals surface area contributed by atoms with Crippen molar-refractivity contribution >= 4 is 5.97 Å². The summed E-state index contributed by atoms with van der Waals surface area (Å²) in [5.74, 6) is -2.99. The highest BCUT2D eigenvalue weighted by atomic mass is 19.1. The molecular weight excluding hydrogens is 190 g/mol. The normalized spacial score (nSPS) is 12.5. The second-order valence-corrected chi connectivity index (χ2v) is 3.22. The molecule has 0 saturated heterocycles. The van der Waals surface area contributed by atoms with Gasteiger partial charge < -0.3 is 5.11 Å². The molecule has 1 unspecified atom stereocenters. The quantitative estimate of drug-likeness (QED) is 0.812. The van der Waals surface area contributed by atoms with Crippen LogP contribution in [0, 0.1) is 17.6 Å². The zero-order valence-electron chi connectivity index (χ0n) is 7.63. The first-order valence-electron chi connectivity index (χ1n) is 4.17.